The zero-order valence-electron chi connectivity index (χ0n) is 31.0. The van der Waals surface area contributed by atoms with Gasteiger partial charge in [0.2, 0.25) is 0 Å². The summed E-state index contributed by atoms with van der Waals surface area (Å²) in [6, 6.07) is 53.5. The highest BCUT2D eigenvalue weighted by molar-refractivity contribution is 7.98. The van der Waals surface area contributed by atoms with Crippen molar-refractivity contribution in [3.8, 4) is 0 Å². The molecule has 0 aliphatic heterocycles. The molecule has 0 saturated heterocycles. The summed E-state index contributed by atoms with van der Waals surface area (Å²) in [5.74, 6) is 0. The van der Waals surface area contributed by atoms with Gasteiger partial charge in [-0.15, -0.1) is 23.5 Å². The van der Waals surface area contributed by atoms with E-state index >= 15 is 0 Å². The molecule has 6 aromatic rings. The second-order valence-corrected chi connectivity index (χ2v) is 14.9. The molecule has 0 spiro atoms. The van der Waals surface area contributed by atoms with Crippen molar-refractivity contribution in [2.75, 3.05) is 22.3 Å². The summed E-state index contributed by atoms with van der Waals surface area (Å²) in [4.78, 5) is 7.22. The molecular weight excluding hydrogens is 669 g/mol. The van der Waals surface area contributed by atoms with Gasteiger partial charge in [0.05, 0.1) is 0 Å². The van der Waals surface area contributed by atoms with Gasteiger partial charge >= 0.3 is 0 Å². The van der Waals surface area contributed by atoms with Gasteiger partial charge in [0.25, 0.3) is 0 Å². The van der Waals surface area contributed by atoms with E-state index in [4.69, 9.17) is 0 Å². The van der Waals surface area contributed by atoms with Crippen molar-refractivity contribution < 1.29 is 0 Å². The van der Waals surface area contributed by atoms with E-state index < -0.39 is 0 Å². The van der Waals surface area contributed by atoms with Crippen molar-refractivity contribution >= 4 is 69.8 Å². The highest BCUT2D eigenvalue weighted by Crippen LogP contribution is 2.38. The topological polar surface area (TPSA) is 6.48 Å². The predicted molar refractivity (Wildman–Crippen MR) is 232 cm³/mol. The van der Waals surface area contributed by atoms with E-state index in [2.05, 4.69) is 194 Å². The quantitative estimate of drug-likeness (QED) is 0.0726. The van der Waals surface area contributed by atoms with Gasteiger partial charge in [-0.3, -0.25) is 0 Å². The Morgan fingerprint density at radius 3 is 1.10 bits per heavy atom. The highest BCUT2D eigenvalue weighted by Gasteiger charge is 2.15. The molecule has 0 saturated carbocycles. The van der Waals surface area contributed by atoms with Crippen molar-refractivity contribution in [1.82, 2.24) is 0 Å². The number of unbranched alkanes of at least 4 members (excludes halogenated alkanes) is 2. The van der Waals surface area contributed by atoms with Crippen LogP contribution in [0.2, 0.25) is 0 Å². The van der Waals surface area contributed by atoms with Crippen molar-refractivity contribution in [3.05, 3.63) is 168 Å². The SMILES string of the molecule is CCCCc1ccc(N(c2ccc(/C=C/c3ccc(N(c4ccc(CCCC)cc4)c4cccc(SC)c4)cc3)cc2)c2cccc(SC)c2)cc1. The molecule has 0 bridgehead atoms. The molecule has 2 nitrogen and oxygen atoms in total. The van der Waals surface area contributed by atoms with E-state index in [-0.39, 0.29) is 0 Å². The number of nitrogens with zero attached hydrogens (tertiary/aromatic N) is 2. The van der Waals surface area contributed by atoms with Gasteiger partial charge in [-0.2, -0.15) is 0 Å². The number of aryl methyl sites for hydroxylation is 2. The van der Waals surface area contributed by atoms with Crippen molar-refractivity contribution in [2.24, 2.45) is 0 Å². The zero-order valence-corrected chi connectivity index (χ0v) is 32.6. The minimum atomic E-state index is 1.12. The monoisotopic (exact) mass is 718 g/mol. The summed E-state index contributed by atoms with van der Waals surface area (Å²) in [6.45, 7) is 4.50. The maximum atomic E-state index is 2.36. The molecule has 0 amide bonds. The van der Waals surface area contributed by atoms with Gasteiger partial charge in [0, 0.05) is 43.9 Å². The standard InChI is InChI=1S/C48H50N2S2/c1-5-7-11-37-19-27-41(28-20-37)49(45-13-9-15-47(35-45)51-3)43-31-23-39(24-32-43)17-18-40-25-33-44(34-26-40)50(46-14-10-16-48(36-46)52-4)42-29-21-38(22-30-42)12-8-6-2/h9-10,13-36H,5-8,11-12H2,1-4H3/b18-17+. The summed E-state index contributed by atoms with van der Waals surface area (Å²) < 4.78 is 0. The largest absolute Gasteiger partial charge is 0.310 e. The van der Waals surface area contributed by atoms with Crippen LogP contribution >= 0.6 is 23.5 Å². The molecule has 0 fully saturated rings. The molecule has 0 unspecified atom stereocenters. The van der Waals surface area contributed by atoms with Gasteiger partial charge in [0.15, 0.2) is 0 Å². The molecule has 52 heavy (non-hydrogen) atoms. The Balaban J connectivity index is 1.23. The summed E-state index contributed by atoms with van der Waals surface area (Å²) >= 11 is 3.55. The van der Waals surface area contributed by atoms with Crippen LogP contribution in [0.1, 0.15) is 61.8 Å². The van der Waals surface area contributed by atoms with Crippen LogP contribution in [0, 0.1) is 0 Å². The lowest BCUT2D eigenvalue weighted by Crippen LogP contribution is -2.10. The number of rotatable bonds is 16. The average Bonchev–Trinajstić information content (AvgIpc) is 3.21. The molecule has 0 heterocycles. The average molecular weight is 719 g/mol. The number of hydrogen-bond donors (Lipinski definition) is 0. The zero-order chi connectivity index (χ0) is 36.1. The van der Waals surface area contributed by atoms with Crippen LogP contribution in [-0.4, -0.2) is 12.5 Å². The molecule has 0 N–H and O–H groups in total. The van der Waals surface area contributed by atoms with E-state index in [0.29, 0.717) is 0 Å². The summed E-state index contributed by atoms with van der Waals surface area (Å²) in [5.41, 5.74) is 12.1. The molecule has 264 valence electrons. The second-order valence-electron chi connectivity index (χ2n) is 13.1. The fourth-order valence-corrected chi connectivity index (χ4v) is 7.35. The van der Waals surface area contributed by atoms with E-state index in [9.17, 15) is 0 Å². The minimum absolute atomic E-state index is 1.12. The van der Waals surface area contributed by atoms with Gasteiger partial charge in [-0.05, 0) is 145 Å². The van der Waals surface area contributed by atoms with Crippen LogP contribution in [0.5, 0.6) is 0 Å². The molecule has 6 rings (SSSR count). The van der Waals surface area contributed by atoms with E-state index in [1.807, 2.05) is 0 Å². The first-order valence-electron chi connectivity index (χ1n) is 18.5. The Hall–Kier alpha value is -4.64. The lowest BCUT2D eigenvalue weighted by atomic mass is 10.1. The second kappa shape index (κ2) is 18.7. The van der Waals surface area contributed by atoms with E-state index in [0.717, 1.165) is 35.6 Å². The van der Waals surface area contributed by atoms with E-state index in [1.165, 1.54) is 69.1 Å². The van der Waals surface area contributed by atoms with Crippen LogP contribution in [0.15, 0.2) is 155 Å². The first-order chi connectivity index (χ1) is 25.6. The number of anilines is 6. The normalized spacial score (nSPS) is 11.2. The first-order valence-corrected chi connectivity index (χ1v) is 21.0. The van der Waals surface area contributed by atoms with Crippen molar-refractivity contribution in [3.63, 3.8) is 0 Å². The van der Waals surface area contributed by atoms with Gasteiger partial charge in [-0.1, -0.05) is 99.5 Å². The van der Waals surface area contributed by atoms with Crippen LogP contribution in [0.25, 0.3) is 12.2 Å². The molecule has 0 aliphatic carbocycles. The molecule has 0 radical (unpaired) electrons. The molecular formula is C48H50N2S2. The Morgan fingerprint density at radius 2 is 0.769 bits per heavy atom. The third-order valence-corrected chi connectivity index (χ3v) is 10.9. The minimum Gasteiger partial charge on any atom is -0.310 e. The summed E-state index contributed by atoms with van der Waals surface area (Å²) in [7, 11) is 0. The van der Waals surface area contributed by atoms with Gasteiger partial charge in [0.1, 0.15) is 0 Å². The van der Waals surface area contributed by atoms with E-state index in [1.54, 1.807) is 23.5 Å². The van der Waals surface area contributed by atoms with Crippen LogP contribution in [0.4, 0.5) is 34.1 Å². The summed E-state index contributed by atoms with van der Waals surface area (Å²) in [5, 5.41) is 0. The fraction of sp³-hybridized carbons (Fsp3) is 0.208. The van der Waals surface area contributed by atoms with Crippen LogP contribution in [-0.2, 0) is 12.8 Å². The molecule has 6 aromatic carbocycles. The third-order valence-electron chi connectivity index (χ3n) is 9.42. The maximum absolute atomic E-state index is 2.36. The van der Waals surface area contributed by atoms with Gasteiger partial charge < -0.3 is 9.80 Å². The Labute approximate surface area is 320 Å². The smallest absolute Gasteiger partial charge is 0.0472 e. The summed E-state index contributed by atoms with van der Waals surface area (Å²) in [6.07, 6.45) is 15.8. The molecule has 0 aliphatic rings. The fourth-order valence-electron chi connectivity index (χ4n) is 6.44. The lowest BCUT2D eigenvalue weighted by Gasteiger charge is -2.26. The first kappa shape index (κ1) is 37.1. The van der Waals surface area contributed by atoms with Gasteiger partial charge in [-0.25, -0.2) is 0 Å². The van der Waals surface area contributed by atoms with Crippen LogP contribution in [0.3, 0.4) is 0 Å². The Bertz CT molecular complexity index is 1870. The number of thioether (sulfide) groups is 2. The maximum Gasteiger partial charge on any atom is 0.0472 e. The van der Waals surface area contributed by atoms with Crippen LogP contribution < -0.4 is 9.80 Å². The highest BCUT2D eigenvalue weighted by atomic mass is 32.2. The molecule has 4 heteroatoms. The van der Waals surface area contributed by atoms with Crippen molar-refractivity contribution in [1.29, 1.82) is 0 Å². The predicted octanol–water partition coefficient (Wildman–Crippen LogP) is 14.9. The van der Waals surface area contributed by atoms with Crippen molar-refractivity contribution in [2.45, 2.75) is 62.2 Å². The number of hydrogen-bond acceptors (Lipinski definition) is 4. The Kier molecular flexibility index (Phi) is 13.4. The number of benzene rings is 6. The Morgan fingerprint density at radius 1 is 0.423 bits per heavy atom. The lowest BCUT2D eigenvalue weighted by molar-refractivity contribution is 0.795. The molecule has 0 atom stereocenters. The third kappa shape index (κ3) is 9.61. The molecule has 0 aromatic heterocycles.